The number of anilines is 1. The fourth-order valence-electron chi connectivity index (χ4n) is 2.43. The molecule has 0 radical (unpaired) electrons. The Bertz CT molecular complexity index is 734. The van der Waals surface area contributed by atoms with Gasteiger partial charge in [-0.3, -0.25) is 0 Å². The van der Waals surface area contributed by atoms with Crippen molar-refractivity contribution in [1.29, 1.82) is 0 Å². The van der Waals surface area contributed by atoms with Crippen molar-refractivity contribution in [3.05, 3.63) is 24.1 Å². The van der Waals surface area contributed by atoms with Crippen LogP contribution in [0.1, 0.15) is 32.1 Å². The van der Waals surface area contributed by atoms with Gasteiger partial charge in [0, 0.05) is 17.6 Å². The Morgan fingerprint density at radius 2 is 2.20 bits per heavy atom. The maximum atomic E-state index is 11.5. The summed E-state index contributed by atoms with van der Waals surface area (Å²) in [6.45, 7) is 4.07. The molecule has 1 aromatic carbocycles. The summed E-state index contributed by atoms with van der Waals surface area (Å²) in [5.74, 6) is 1.45. The van der Waals surface area contributed by atoms with E-state index in [0.717, 1.165) is 22.7 Å². The number of rotatable bonds is 3. The summed E-state index contributed by atoms with van der Waals surface area (Å²) in [5.41, 5.74) is 2.46. The molecule has 3 rings (SSSR count). The van der Waals surface area contributed by atoms with Crippen molar-refractivity contribution >= 4 is 26.6 Å². The monoisotopic (exact) mass is 294 g/mol. The lowest BCUT2D eigenvalue weighted by molar-refractivity contribution is 0.501. The average Bonchev–Trinajstić information content (AvgIpc) is 2.92. The number of hydrogen-bond donors (Lipinski definition) is 1. The molecular weight excluding hydrogens is 276 g/mol. The van der Waals surface area contributed by atoms with Gasteiger partial charge < -0.3 is 9.73 Å². The van der Waals surface area contributed by atoms with Crippen LogP contribution in [-0.4, -0.2) is 30.9 Å². The third-order valence-corrected chi connectivity index (χ3v) is 5.27. The van der Waals surface area contributed by atoms with Crippen LogP contribution in [0, 0.1) is 0 Å². The average molecular weight is 294 g/mol. The first-order chi connectivity index (χ1) is 9.43. The van der Waals surface area contributed by atoms with E-state index in [1.54, 1.807) is 0 Å². The van der Waals surface area contributed by atoms with Gasteiger partial charge in [-0.15, -0.1) is 0 Å². The highest BCUT2D eigenvalue weighted by Crippen LogP contribution is 2.25. The molecule has 2 heterocycles. The van der Waals surface area contributed by atoms with Crippen LogP contribution in [0.3, 0.4) is 0 Å². The lowest BCUT2D eigenvalue weighted by Crippen LogP contribution is -2.20. The molecule has 0 aliphatic carbocycles. The molecule has 1 aliphatic heterocycles. The SMILES string of the molecule is CC(C)c1nc2cc(NC3CCS(=O)(=O)C3)ccc2o1. The summed E-state index contributed by atoms with van der Waals surface area (Å²) < 4.78 is 28.6. The van der Waals surface area contributed by atoms with Gasteiger partial charge in [-0.1, -0.05) is 13.8 Å². The number of nitrogens with zero attached hydrogens (tertiary/aromatic N) is 1. The van der Waals surface area contributed by atoms with Gasteiger partial charge in [0.1, 0.15) is 5.52 Å². The molecule has 1 unspecified atom stereocenters. The van der Waals surface area contributed by atoms with Crippen LogP contribution in [0.4, 0.5) is 5.69 Å². The Morgan fingerprint density at radius 3 is 2.85 bits per heavy atom. The van der Waals surface area contributed by atoms with Crippen molar-refractivity contribution in [1.82, 2.24) is 4.98 Å². The van der Waals surface area contributed by atoms with Crippen molar-refractivity contribution in [3.63, 3.8) is 0 Å². The summed E-state index contributed by atoms with van der Waals surface area (Å²) >= 11 is 0. The number of oxazole rings is 1. The molecule has 1 saturated heterocycles. The fraction of sp³-hybridized carbons (Fsp3) is 0.500. The lowest BCUT2D eigenvalue weighted by Gasteiger charge is -2.11. The first-order valence-electron chi connectivity index (χ1n) is 6.80. The Hall–Kier alpha value is -1.56. The minimum Gasteiger partial charge on any atom is -0.440 e. The molecule has 1 fully saturated rings. The van der Waals surface area contributed by atoms with Crippen molar-refractivity contribution in [3.8, 4) is 0 Å². The second kappa shape index (κ2) is 4.77. The standard InChI is InChI=1S/C14H18N2O3S/c1-9(2)14-16-12-7-10(3-4-13(12)19-14)15-11-5-6-20(17,18)8-11/h3-4,7,9,11,15H,5-6,8H2,1-2H3. The zero-order valence-corrected chi connectivity index (χ0v) is 12.4. The predicted octanol–water partition coefficient (Wildman–Crippen LogP) is 2.55. The van der Waals surface area contributed by atoms with Gasteiger partial charge in [-0.25, -0.2) is 13.4 Å². The lowest BCUT2D eigenvalue weighted by atomic mass is 10.2. The van der Waals surface area contributed by atoms with Crippen LogP contribution >= 0.6 is 0 Å². The topological polar surface area (TPSA) is 72.2 Å². The summed E-state index contributed by atoms with van der Waals surface area (Å²) in [5, 5.41) is 3.27. The number of nitrogens with one attached hydrogen (secondary N) is 1. The molecule has 5 nitrogen and oxygen atoms in total. The fourth-order valence-corrected chi connectivity index (χ4v) is 4.10. The van der Waals surface area contributed by atoms with E-state index in [1.807, 2.05) is 32.0 Å². The largest absolute Gasteiger partial charge is 0.440 e. The maximum Gasteiger partial charge on any atom is 0.198 e. The van der Waals surface area contributed by atoms with Crippen molar-refractivity contribution in [2.45, 2.75) is 32.2 Å². The van der Waals surface area contributed by atoms with Crippen LogP contribution in [0.5, 0.6) is 0 Å². The highest BCUT2D eigenvalue weighted by Gasteiger charge is 2.27. The zero-order valence-electron chi connectivity index (χ0n) is 11.6. The van der Waals surface area contributed by atoms with E-state index in [1.165, 1.54) is 0 Å². The molecule has 108 valence electrons. The number of hydrogen-bond acceptors (Lipinski definition) is 5. The van der Waals surface area contributed by atoms with E-state index in [0.29, 0.717) is 6.42 Å². The van der Waals surface area contributed by atoms with E-state index in [9.17, 15) is 8.42 Å². The third kappa shape index (κ3) is 2.65. The van der Waals surface area contributed by atoms with Crippen molar-refractivity contribution in [2.24, 2.45) is 0 Å². The number of fused-ring (bicyclic) bond motifs is 1. The summed E-state index contributed by atoms with van der Waals surface area (Å²) in [6, 6.07) is 5.69. The van der Waals surface area contributed by atoms with E-state index >= 15 is 0 Å². The summed E-state index contributed by atoms with van der Waals surface area (Å²) in [4.78, 5) is 4.45. The van der Waals surface area contributed by atoms with E-state index < -0.39 is 9.84 Å². The third-order valence-electron chi connectivity index (χ3n) is 3.50. The second-order valence-electron chi connectivity index (χ2n) is 5.63. The highest BCUT2D eigenvalue weighted by molar-refractivity contribution is 7.91. The first kappa shape index (κ1) is 13.4. The van der Waals surface area contributed by atoms with Gasteiger partial charge >= 0.3 is 0 Å². The number of aromatic nitrogens is 1. The Kier molecular flexibility index (Phi) is 3.20. The zero-order chi connectivity index (χ0) is 14.3. The predicted molar refractivity (Wildman–Crippen MR) is 78.8 cm³/mol. The summed E-state index contributed by atoms with van der Waals surface area (Å²) in [6.07, 6.45) is 0.663. The highest BCUT2D eigenvalue weighted by atomic mass is 32.2. The van der Waals surface area contributed by atoms with Gasteiger partial charge in [0.15, 0.2) is 21.3 Å². The molecule has 1 N–H and O–H groups in total. The van der Waals surface area contributed by atoms with Gasteiger partial charge in [-0.2, -0.15) is 0 Å². The summed E-state index contributed by atoms with van der Waals surface area (Å²) in [7, 11) is -2.86. The molecule has 1 atom stereocenters. The first-order valence-corrected chi connectivity index (χ1v) is 8.62. The second-order valence-corrected chi connectivity index (χ2v) is 7.86. The van der Waals surface area contributed by atoms with Crippen LogP contribution in [0.15, 0.2) is 22.6 Å². The Balaban J connectivity index is 1.82. The van der Waals surface area contributed by atoms with Crippen LogP contribution in [-0.2, 0) is 9.84 Å². The molecule has 6 heteroatoms. The van der Waals surface area contributed by atoms with Gasteiger partial charge in [0.05, 0.1) is 11.5 Å². The quantitative estimate of drug-likeness (QED) is 0.942. The molecule has 0 saturated carbocycles. The normalized spacial score (nSPS) is 21.6. The van der Waals surface area contributed by atoms with Crippen LogP contribution in [0.25, 0.3) is 11.1 Å². The van der Waals surface area contributed by atoms with Crippen molar-refractivity contribution < 1.29 is 12.8 Å². The van der Waals surface area contributed by atoms with E-state index in [2.05, 4.69) is 10.3 Å². The van der Waals surface area contributed by atoms with Crippen molar-refractivity contribution in [2.75, 3.05) is 16.8 Å². The molecule has 0 amide bonds. The Labute approximate surface area is 118 Å². The minimum atomic E-state index is -2.86. The maximum absolute atomic E-state index is 11.5. The molecule has 0 bridgehead atoms. The molecule has 1 aromatic heterocycles. The van der Waals surface area contributed by atoms with E-state index in [-0.39, 0.29) is 23.5 Å². The minimum absolute atomic E-state index is 0.00563. The molecule has 1 aliphatic rings. The molecule has 20 heavy (non-hydrogen) atoms. The smallest absolute Gasteiger partial charge is 0.198 e. The van der Waals surface area contributed by atoms with Crippen LogP contribution in [0.2, 0.25) is 0 Å². The number of sulfone groups is 1. The van der Waals surface area contributed by atoms with Gasteiger partial charge in [0.2, 0.25) is 0 Å². The van der Waals surface area contributed by atoms with Gasteiger partial charge in [0.25, 0.3) is 0 Å². The van der Waals surface area contributed by atoms with Crippen LogP contribution < -0.4 is 5.32 Å². The van der Waals surface area contributed by atoms with E-state index in [4.69, 9.17) is 4.42 Å². The molecule has 2 aromatic rings. The number of benzene rings is 1. The molecule has 0 spiro atoms. The van der Waals surface area contributed by atoms with Gasteiger partial charge in [-0.05, 0) is 24.6 Å². The Morgan fingerprint density at radius 1 is 1.40 bits per heavy atom. The molecular formula is C14H18N2O3S.